The number of hydrogen-bond acceptors (Lipinski definition) is 3. The van der Waals surface area contributed by atoms with E-state index in [1.165, 1.54) is 32.1 Å². The molecule has 0 radical (unpaired) electrons. The van der Waals surface area contributed by atoms with Crippen LogP contribution in [0, 0.1) is 12.8 Å². The summed E-state index contributed by atoms with van der Waals surface area (Å²) in [5.74, 6) is 1.58. The molecular weight excluding hydrogens is 340 g/mol. The third-order valence-corrected chi connectivity index (χ3v) is 6.00. The maximum absolute atomic E-state index is 12.9. The van der Waals surface area contributed by atoms with E-state index >= 15 is 0 Å². The zero-order chi connectivity index (χ0) is 19.2. The Morgan fingerprint density at radius 1 is 1.04 bits per heavy atom. The van der Waals surface area contributed by atoms with Crippen LogP contribution in [-0.2, 0) is 4.79 Å². The van der Waals surface area contributed by atoms with Gasteiger partial charge in [0, 0.05) is 32.6 Å². The van der Waals surface area contributed by atoms with Gasteiger partial charge in [0.2, 0.25) is 5.91 Å². The number of amides is 2. The van der Waals surface area contributed by atoms with Crippen molar-refractivity contribution >= 4 is 11.8 Å². The second-order valence-corrected chi connectivity index (χ2v) is 7.92. The second-order valence-electron chi connectivity index (χ2n) is 7.92. The number of carbonyl (C=O) groups is 2. The summed E-state index contributed by atoms with van der Waals surface area (Å²) in [6.07, 6.45) is 8.25. The lowest BCUT2D eigenvalue weighted by Crippen LogP contribution is -2.50. The summed E-state index contributed by atoms with van der Waals surface area (Å²) in [6, 6.07) is 5.66. The first-order chi connectivity index (χ1) is 13.1. The molecule has 1 heterocycles. The van der Waals surface area contributed by atoms with Gasteiger partial charge in [-0.15, -0.1) is 0 Å². The molecule has 2 fully saturated rings. The Morgan fingerprint density at radius 2 is 1.70 bits per heavy atom. The zero-order valence-electron chi connectivity index (χ0n) is 16.7. The third-order valence-electron chi connectivity index (χ3n) is 6.00. The fourth-order valence-electron chi connectivity index (χ4n) is 4.28. The van der Waals surface area contributed by atoms with Crippen molar-refractivity contribution < 1.29 is 14.3 Å². The van der Waals surface area contributed by atoms with E-state index in [0.717, 1.165) is 17.9 Å². The predicted octanol–water partition coefficient (Wildman–Crippen LogP) is 3.65. The van der Waals surface area contributed by atoms with Crippen molar-refractivity contribution in [1.82, 2.24) is 9.80 Å². The summed E-state index contributed by atoms with van der Waals surface area (Å²) in [7, 11) is 1.59. The summed E-state index contributed by atoms with van der Waals surface area (Å²) >= 11 is 0. The summed E-state index contributed by atoms with van der Waals surface area (Å²) in [6.45, 7) is 4.40. The van der Waals surface area contributed by atoms with Gasteiger partial charge in [0.15, 0.2) is 0 Å². The Hall–Kier alpha value is -2.04. The van der Waals surface area contributed by atoms with Gasteiger partial charge in [-0.2, -0.15) is 0 Å². The molecule has 1 aromatic carbocycles. The molecular formula is C22H32N2O3. The number of carbonyl (C=O) groups excluding carboxylic acids is 2. The van der Waals surface area contributed by atoms with Crippen LogP contribution in [0.15, 0.2) is 18.2 Å². The van der Waals surface area contributed by atoms with Crippen molar-refractivity contribution in [3.8, 4) is 5.75 Å². The van der Waals surface area contributed by atoms with E-state index < -0.39 is 0 Å². The van der Waals surface area contributed by atoms with Crippen molar-refractivity contribution in [3.63, 3.8) is 0 Å². The van der Waals surface area contributed by atoms with E-state index in [9.17, 15) is 9.59 Å². The number of ether oxygens (including phenoxy) is 1. The van der Waals surface area contributed by atoms with Crippen molar-refractivity contribution in [1.29, 1.82) is 0 Å². The van der Waals surface area contributed by atoms with Crippen LogP contribution in [-0.4, -0.2) is 54.9 Å². The van der Waals surface area contributed by atoms with Gasteiger partial charge in [-0.3, -0.25) is 9.59 Å². The Kier molecular flexibility index (Phi) is 6.75. The molecule has 1 saturated heterocycles. The minimum absolute atomic E-state index is 0.00939. The van der Waals surface area contributed by atoms with E-state index in [1.54, 1.807) is 7.11 Å². The lowest BCUT2D eigenvalue weighted by molar-refractivity contribution is -0.133. The molecule has 2 amide bonds. The van der Waals surface area contributed by atoms with Gasteiger partial charge in [0.1, 0.15) is 5.75 Å². The number of benzene rings is 1. The van der Waals surface area contributed by atoms with E-state index in [0.29, 0.717) is 43.9 Å². The van der Waals surface area contributed by atoms with E-state index in [4.69, 9.17) is 4.74 Å². The molecule has 3 rings (SSSR count). The first-order valence-corrected chi connectivity index (χ1v) is 10.3. The highest BCUT2D eigenvalue weighted by atomic mass is 16.5. The summed E-state index contributed by atoms with van der Waals surface area (Å²) in [5, 5.41) is 0. The third kappa shape index (κ3) is 5.02. The number of hydrogen-bond donors (Lipinski definition) is 0. The smallest absolute Gasteiger partial charge is 0.257 e. The van der Waals surface area contributed by atoms with Gasteiger partial charge in [0.05, 0.1) is 12.7 Å². The quantitative estimate of drug-likeness (QED) is 0.793. The van der Waals surface area contributed by atoms with Crippen molar-refractivity contribution in [2.75, 3.05) is 33.3 Å². The normalized spacial score (nSPS) is 18.4. The molecule has 0 N–H and O–H groups in total. The number of nitrogens with zero attached hydrogens (tertiary/aromatic N) is 2. The SMILES string of the molecule is COc1ccc(C)cc1C(=O)N1CCN(C(=O)CCC2CCCCC2)CC1. The van der Waals surface area contributed by atoms with Crippen LogP contribution in [0.3, 0.4) is 0 Å². The second kappa shape index (κ2) is 9.25. The number of methoxy groups -OCH3 is 1. The van der Waals surface area contributed by atoms with Crippen molar-refractivity contribution in [2.24, 2.45) is 5.92 Å². The van der Waals surface area contributed by atoms with E-state index in [1.807, 2.05) is 34.9 Å². The van der Waals surface area contributed by atoms with Gasteiger partial charge in [-0.25, -0.2) is 0 Å². The fourth-order valence-corrected chi connectivity index (χ4v) is 4.28. The Morgan fingerprint density at radius 3 is 2.37 bits per heavy atom. The molecule has 0 unspecified atom stereocenters. The average Bonchev–Trinajstić information content (AvgIpc) is 2.72. The molecule has 148 valence electrons. The summed E-state index contributed by atoms with van der Waals surface area (Å²) < 4.78 is 5.35. The first kappa shape index (κ1) is 19.7. The molecule has 1 aliphatic carbocycles. The van der Waals surface area contributed by atoms with Crippen LogP contribution >= 0.6 is 0 Å². The van der Waals surface area contributed by atoms with Gasteiger partial charge in [0.25, 0.3) is 5.91 Å². The molecule has 2 aliphatic rings. The van der Waals surface area contributed by atoms with Crippen LogP contribution in [0.1, 0.15) is 60.9 Å². The maximum atomic E-state index is 12.9. The maximum Gasteiger partial charge on any atom is 0.257 e. The van der Waals surface area contributed by atoms with E-state index in [-0.39, 0.29) is 11.8 Å². The van der Waals surface area contributed by atoms with Crippen molar-refractivity contribution in [2.45, 2.75) is 51.9 Å². The number of aryl methyl sites for hydroxylation is 1. The number of rotatable bonds is 5. The molecule has 0 atom stereocenters. The van der Waals surface area contributed by atoms with Crippen LogP contribution in [0.2, 0.25) is 0 Å². The highest BCUT2D eigenvalue weighted by molar-refractivity contribution is 5.97. The highest BCUT2D eigenvalue weighted by Crippen LogP contribution is 2.27. The predicted molar refractivity (Wildman–Crippen MR) is 106 cm³/mol. The standard InChI is InChI=1S/C22H32N2O3/c1-17-8-10-20(27-2)19(16-17)22(26)24-14-12-23(13-15-24)21(25)11-9-18-6-4-3-5-7-18/h8,10,16,18H,3-7,9,11-15H2,1-2H3. The molecule has 1 aromatic rings. The molecule has 5 heteroatoms. The minimum Gasteiger partial charge on any atom is -0.496 e. The van der Waals surface area contributed by atoms with Gasteiger partial charge >= 0.3 is 0 Å². The molecule has 0 bridgehead atoms. The van der Waals surface area contributed by atoms with Crippen LogP contribution < -0.4 is 4.74 Å². The summed E-state index contributed by atoms with van der Waals surface area (Å²) in [5.41, 5.74) is 1.64. The highest BCUT2D eigenvalue weighted by Gasteiger charge is 2.27. The van der Waals surface area contributed by atoms with Gasteiger partial charge < -0.3 is 14.5 Å². The van der Waals surface area contributed by atoms with Gasteiger partial charge in [-0.05, 0) is 31.4 Å². The van der Waals surface area contributed by atoms with Gasteiger partial charge in [-0.1, -0.05) is 43.7 Å². The Balaban J connectivity index is 1.50. The largest absolute Gasteiger partial charge is 0.496 e. The minimum atomic E-state index is -0.00939. The molecule has 0 aromatic heterocycles. The Bertz CT molecular complexity index is 660. The molecule has 1 aliphatic heterocycles. The Labute approximate surface area is 162 Å². The molecule has 0 spiro atoms. The lowest BCUT2D eigenvalue weighted by atomic mass is 9.86. The van der Waals surface area contributed by atoms with Crippen LogP contribution in [0.4, 0.5) is 0 Å². The monoisotopic (exact) mass is 372 g/mol. The average molecular weight is 373 g/mol. The first-order valence-electron chi connectivity index (χ1n) is 10.3. The summed E-state index contributed by atoms with van der Waals surface area (Å²) in [4.78, 5) is 29.2. The van der Waals surface area contributed by atoms with Crippen LogP contribution in [0.25, 0.3) is 0 Å². The van der Waals surface area contributed by atoms with Crippen molar-refractivity contribution in [3.05, 3.63) is 29.3 Å². The fraction of sp³-hybridized carbons (Fsp3) is 0.636. The molecule has 1 saturated carbocycles. The molecule has 27 heavy (non-hydrogen) atoms. The van der Waals surface area contributed by atoms with E-state index in [2.05, 4.69) is 0 Å². The molecule has 5 nitrogen and oxygen atoms in total. The number of piperazine rings is 1. The zero-order valence-corrected chi connectivity index (χ0v) is 16.7. The van der Waals surface area contributed by atoms with Crippen LogP contribution in [0.5, 0.6) is 5.75 Å². The topological polar surface area (TPSA) is 49.9 Å². The lowest BCUT2D eigenvalue weighted by Gasteiger charge is -2.35.